The van der Waals surface area contributed by atoms with Crippen molar-refractivity contribution in [2.45, 2.75) is 13.3 Å². The zero-order valence-corrected chi connectivity index (χ0v) is 9.15. The molecule has 0 radical (unpaired) electrons. The second-order valence-corrected chi connectivity index (χ2v) is 3.13. The smallest absolute Gasteiger partial charge is 0.377 e. The molecule has 1 heterocycles. The van der Waals surface area contributed by atoms with Gasteiger partial charge in [-0.05, 0) is 6.42 Å². The number of nitrogens with one attached hydrogen (secondary N) is 1. The van der Waals surface area contributed by atoms with Crippen LogP contribution in [0.15, 0.2) is 12.0 Å². The lowest BCUT2D eigenvalue weighted by Crippen LogP contribution is -2.30. The van der Waals surface area contributed by atoms with Crippen LogP contribution in [-0.2, 0) is 23.8 Å². The van der Waals surface area contributed by atoms with Crippen LogP contribution < -0.4 is 5.32 Å². The minimum Gasteiger partial charge on any atom is -0.493 e. The van der Waals surface area contributed by atoms with Crippen LogP contribution in [0.2, 0.25) is 0 Å². The molecule has 0 aromatic carbocycles. The van der Waals surface area contributed by atoms with Crippen LogP contribution in [0.25, 0.3) is 0 Å². The molecule has 6 nitrogen and oxygen atoms in total. The first kappa shape index (κ1) is 12.4. The second kappa shape index (κ2) is 6.71. The van der Waals surface area contributed by atoms with E-state index >= 15 is 0 Å². The lowest BCUT2D eigenvalue weighted by Gasteiger charge is -2.14. The Morgan fingerprint density at radius 2 is 2.31 bits per heavy atom. The molecule has 0 unspecified atom stereocenters. The number of hydrogen-bond acceptors (Lipinski definition) is 5. The van der Waals surface area contributed by atoms with E-state index in [0.717, 1.165) is 6.42 Å². The van der Waals surface area contributed by atoms with Crippen LogP contribution in [0.4, 0.5) is 0 Å². The third kappa shape index (κ3) is 4.20. The van der Waals surface area contributed by atoms with E-state index in [9.17, 15) is 9.59 Å². The van der Waals surface area contributed by atoms with Gasteiger partial charge in [0.2, 0.25) is 5.76 Å². The van der Waals surface area contributed by atoms with Crippen LogP contribution in [0.3, 0.4) is 0 Å². The van der Waals surface area contributed by atoms with Crippen molar-refractivity contribution in [3.8, 4) is 0 Å². The Morgan fingerprint density at radius 1 is 1.50 bits per heavy atom. The van der Waals surface area contributed by atoms with Gasteiger partial charge in [0, 0.05) is 6.54 Å². The summed E-state index contributed by atoms with van der Waals surface area (Å²) in [6.45, 7) is 2.92. The van der Waals surface area contributed by atoms with Crippen molar-refractivity contribution >= 4 is 11.9 Å². The van der Waals surface area contributed by atoms with Gasteiger partial charge >= 0.3 is 5.97 Å². The van der Waals surface area contributed by atoms with Crippen molar-refractivity contribution < 1.29 is 23.8 Å². The largest absolute Gasteiger partial charge is 0.493 e. The lowest BCUT2D eigenvalue weighted by atomic mass is 10.4. The van der Waals surface area contributed by atoms with Crippen LogP contribution in [0, 0.1) is 0 Å². The van der Waals surface area contributed by atoms with E-state index in [1.165, 1.54) is 6.26 Å². The number of hydrogen-bond donors (Lipinski definition) is 1. The van der Waals surface area contributed by atoms with Crippen molar-refractivity contribution in [2.75, 3.05) is 26.4 Å². The number of esters is 1. The summed E-state index contributed by atoms with van der Waals surface area (Å²) >= 11 is 0. The summed E-state index contributed by atoms with van der Waals surface area (Å²) in [5.74, 6) is -1.02. The SMILES string of the molecule is CCCNC(=O)COC(=O)C1=COCCO1. The predicted molar refractivity (Wildman–Crippen MR) is 54.2 cm³/mol. The monoisotopic (exact) mass is 229 g/mol. The van der Waals surface area contributed by atoms with Gasteiger partial charge in [-0.15, -0.1) is 0 Å². The summed E-state index contributed by atoms with van der Waals surface area (Å²) in [6, 6.07) is 0. The van der Waals surface area contributed by atoms with Crippen molar-refractivity contribution in [3.63, 3.8) is 0 Å². The fourth-order valence-electron chi connectivity index (χ4n) is 0.993. The van der Waals surface area contributed by atoms with E-state index in [2.05, 4.69) is 5.32 Å². The molecule has 1 rings (SSSR count). The lowest BCUT2D eigenvalue weighted by molar-refractivity contribution is -0.149. The van der Waals surface area contributed by atoms with Crippen molar-refractivity contribution in [2.24, 2.45) is 0 Å². The predicted octanol–water partition coefficient (Wildman–Crippen LogP) is -0.0560. The van der Waals surface area contributed by atoms with Gasteiger partial charge in [0.1, 0.15) is 19.5 Å². The average Bonchev–Trinajstić information content (AvgIpc) is 2.34. The highest BCUT2D eigenvalue weighted by Crippen LogP contribution is 2.05. The molecule has 0 saturated carbocycles. The summed E-state index contributed by atoms with van der Waals surface area (Å²) < 4.78 is 14.6. The molecule has 1 aliphatic rings. The highest BCUT2D eigenvalue weighted by Gasteiger charge is 2.17. The molecule has 0 spiro atoms. The molecule has 0 aromatic rings. The van der Waals surface area contributed by atoms with E-state index in [1.54, 1.807) is 0 Å². The first-order valence-electron chi connectivity index (χ1n) is 5.12. The Hall–Kier alpha value is -1.72. The van der Waals surface area contributed by atoms with E-state index in [0.29, 0.717) is 19.8 Å². The van der Waals surface area contributed by atoms with Crippen molar-refractivity contribution in [1.82, 2.24) is 5.32 Å². The quantitative estimate of drug-likeness (QED) is 0.669. The minimum atomic E-state index is -0.689. The first-order chi connectivity index (χ1) is 7.74. The Morgan fingerprint density at radius 3 is 2.94 bits per heavy atom. The van der Waals surface area contributed by atoms with E-state index in [1.807, 2.05) is 6.92 Å². The summed E-state index contributed by atoms with van der Waals surface area (Å²) in [5, 5.41) is 2.58. The molecule has 90 valence electrons. The molecular weight excluding hydrogens is 214 g/mol. The van der Waals surface area contributed by atoms with Crippen molar-refractivity contribution in [1.29, 1.82) is 0 Å². The molecule has 1 aliphatic heterocycles. The fraction of sp³-hybridized carbons (Fsp3) is 0.600. The molecule has 0 atom stereocenters. The zero-order valence-electron chi connectivity index (χ0n) is 9.15. The molecule has 0 saturated heterocycles. The van der Waals surface area contributed by atoms with Crippen LogP contribution >= 0.6 is 0 Å². The van der Waals surface area contributed by atoms with Crippen molar-refractivity contribution in [3.05, 3.63) is 12.0 Å². The van der Waals surface area contributed by atoms with Crippen LogP contribution in [0.5, 0.6) is 0 Å². The summed E-state index contributed by atoms with van der Waals surface area (Å²) in [6.07, 6.45) is 2.03. The normalized spacial score (nSPS) is 14.2. The number of ether oxygens (including phenoxy) is 3. The molecule has 0 fully saturated rings. The highest BCUT2D eigenvalue weighted by atomic mass is 16.6. The average molecular weight is 229 g/mol. The van der Waals surface area contributed by atoms with Gasteiger partial charge in [-0.25, -0.2) is 4.79 Å². The van der Waals surface area contributed by atoms with E-state index < -0.39 is 5.97 Å². The van der Waals surface area contributed by atoms with E-state index in [4.69, 9.17) is 14.2 Å². The van der Waals surface area contributed by atoms with Gasteiger partial charge in [-0.3, -0.25) is 4.79 Å². The molecule has 6 heteroatoms. The van der Waals surface area contributed by atoms with E-state index in [-0.39, 0.29) is 18.3 Å². The Labute approximate surface area is 93.5 Å². The number of rotatable bonds is 5. The molecular formula is C10H15NO5. The standard InChI is InChI=1S/C10H15NO5/c1-2-3-11-9(12)7-16-10(13)8-6-14-4-5-15-8/h6H,2-5,7H2,1H3,(H,11,12). The maximum Gasteiger partial charge on any atom is 0.377 e. The highest BCUT2D eigenvalue weighted by molar-refractivity contribution is 5.88. The third-order valence-electron chi connectivity index (χ3n) is 1.76. The van der Waals surface area contributed by atoms with Gasteiger partial charge in [0.25, 0.3) is 5.91 Å². The Balaban J connectivity index is 2.24. The third-order valence-corrected chi connectivity index (χ3v) is 1.76. The molecule has 1 N–H and O–H groups in total. The fourth-order valence-corrected chi connectivity index (χ4v) is 0.993. The molecule has 16 heavy (non-hydrogen) atoms. The van der Waals surface area contributed by atoms with Gasteiger partial charge in [0.05, 0.1) is 0 Å². The molecule has 1 amide bonds. The maximum absolute atomic E-state index is 11.3. The van der Waals surface area contributed by atoms with Gasteiger partial charge in [-0.1, -0.05) is 6.92 Å². The Kier molecular flexibility index (Phi) is 5.18. The van der Waals surface area contributed by atoms with Crippen LogP contribution in [-0.4, -0.2) is 38.2 Å². The number of amides is 1. The van der Waals surface area contributed by atoms with Crippen LogP contribution in [0.1, 0.15) is 13.3 Å². The van der Waals surface area contributed by atoms with Gasteiger partial charge < -0.3 is 19.5 Å². The maximum atomic E-state index is 11.3. The summed E-state index contributed by atoms with van der Waals surface area (Å²) in [5.41, 5.74) is 0. The molecule has 0 bridgehead atoms. The number of carbonyl (C=O) groups is 2. The van der Waals surface area contributed by atoms with Gasteiger partial charge in [0.15, 0.2) is 6.61 Å². The summed E-state index contributed by atoms with van der Waals surface area (Å²) in [4.78, 5) is 22.4. The molecule has 0 aliphatic carbocycles. The Bertz CT molecular complexity index is 287. The first-order valence-corrected chi connectivity index (χ1v) is 5.12. The summed E-state index contributed by atoms with van der Waals surface area (Å²) in [7, 11) is 0. The minimum absolute atomic E-state index is 0.00505. The van der Waals surface area contributed by atoms with Gasteiger partial charge in [-0.2, -0.15) is 0 Å². The zero-order chi connectivity index (χ0) is 11.8. The second-order valence-electron chi connectivity index (χ2n) is 3.13. The number of carbonyl (C=O) groups excluding carboxylic acids is 2. The topological polar surface area (TPSA) is 73.9 Å². The molecule has 0 aromatic heterocycles.